The number of hydrogen-bond donors (Lipinski definition) is 0. The Morgan fingerprint density at radius 1 is 1.25 bits per heavy atom. The number of halogens is 1. The fourth-order valence-corrected chi connectivity index (χ4v) is 4.10. The van der Waals surface area contributed by atoms with Gasteiger partial charge in [0.25, 0.3) is 5.91 Å². The van der Waals surface area contributed by atoms with Crippen LogP contribution < -0.4 is 0 Å². The van der Waals surface area contributed by atoms with E-state index in [0.29, 0.717) is 6.42 Å². The van der Waals surface area contributed by atoms with Crippen LogP contribution in [0.3, 0.4) is 0 Å². The van der Waals surface area contributed by atoms with E-state index in [-0.39, 0.29) is 11.9 Å². The van der Waals surface area contributed by atoms with E-state index in [4.69, 9.17) is 0 Å². The molecular formula is C15H21FN2OS. The summed E-state index contributed by atoms with van der Waals surface area (Å²) in [4.78, 5) is 18.5. The standard InChI is InChI=1S/C15H21FN2OS/c1-11-5-6-14(20-11)15(19)18-9-7-17(8-10-18)13-4-2-3-12(13)16/h5-6,12-13H,2-4,7-10H2,1H3. The number of alkyl halides is 1. The summed E-state index contributed by atoms with van der Waals surface area (Å²) in [5.41, 5.74) is 0. The molecule has 1 saturated heterocycles. The van der Waals surface area contributed by atoms with Crippen LogP contribution in [-0.2, 0) is 0 Å². The van der Waals surface area contributed by atoms with Crippen LogP contribution in [-0.4, -0.2) is 54.1 Å². The van der Waals surface area contributed by atoms with Crippen molar-refractivity contribution in [1.29, 1.82) is 0 Å². The lowest BCUT2D eigenvalue weighted by molar-refractivity contribution is 0.0492. The zero-order valence-electron chi connectivity index (χ0n) is 11.8. The van der Waals surface area contributed by atoms with Crippen molar-refractivity contribution >= 4 is 17.2 Å². The van der Waals surface area contributed by atoms with Gasteiger partial charge in [0.2, 0.25) is 0 Å². The summed E-state index contributed by atoms with van der Waals surface area (Å²) in [6, 6.07) is 3.99. The summed E-state index contributed by atoms with van der Waals surface area (Å²) < 4.78 is 13.8. The van der Waals surface area contributed by atoms with Crippen molar-refractivity contribution in [2.45, 2.75) is 38.4 Å². The maximum Gasteiger partial charge on any atom is 0.264 e. The minimum atomic E-state index is -0.669. The Balaban J connectivity index is 1.57. The van der Waals surface area contributed by atoms with E-state index in [0.717, 1.165) is 43.9 Å². The fraction of sp³-hybridized carbons (Fsp3) is 0.667. The van der Waals surface area contributed by atoms with Crippen molar-refractivity contribution in [3.8, 4) is 0 Å². The van der Waals surface area contributed by atoms with Crippen LogP contribution in [0.4, 0.5) is 4.39 Å². The van der Waals surface area contributed by atoms with Gasteiger partial charge in [0, 0.05) is 37.1 Å². The van der Waals surface area contributed by atoms with E-state index in [1.807, 2.05) is 24.0 Å². The predicted octanol–water partition coefficient (Wildman–Crippen LogP) is 2.70. The molecule has 2 fully saturated rings. The van der Waals surface area contributed by atoms with Crippen LogP contribution in [0.2, 0.25) is 0 Å². The van der Waals surface area contributed by atoms with Crippen molar-refractivity contribution in [1.82, 2.24) is 9.80 Å². The molecule has 0 spiro atoms. The third kappa shape index (κ3) is 2.74. The van der Waals surface area contributed by atoms with Crippen LogP contribution in [0.15, 0.2) is 12.1 Å². The molecule has 0 N–H and O–H groups in total. The summed E-state index contributed by atoms with van der Waals surface area (Å²) in [5, 5.41) is 0. The molecule has 1 aliphatic carbocycles. The third-order valence-corrected chi connectivity index (χ3v) is 5.41. The number of aryl methyl sites for hydroxylation is 1. The first-order valence-electron chi connectivity index (χ1n) is 7.39. The average molecular weight is 296 g/mol. The Morgan fingerprint density at radius 3 is 2.55 bits per heavy atom. The molecule has 1 saturated carbocycles. The summed E-state index contributed by atoms with van der Waals surface area (Å²) >= 11 is 1.55. The first kappa shape index (κ1) is 14.0. The molecule has 110 valence electrons. The lowest BCUT2D eigenvalue weighted by Gasteiger charge is -2.38. The van der Waals surface area contributed by atoms with Gasteiger partial charge in [-0.3, -0.25) is 9.69 Å². The topological polar surface area (TPSA) is 23.6 Å². The molecule has 1 amide bonds. The number of carbonyl (C=O) groups excluding carboxylic acids is 1. The van der Waals surface area contributed by atoms with E-state index in [1.54, 1.807) is 11.3 Å². The molecule has 3 rings (SSSR count). The summed E-state index contributed by atoms with van der Waals surface area (Å²) in [6.45, 7) is 5.07. The minimum absolute atomic E-state index is 0.0937. The lowest BCUT2D eigenvalue weighted by atomic mass is 10.1. The highest BCUT2D eigenvalue weighted by atomic mass is 32.1. The van der Waals surface area contributed by atoms with E-state index in [9.17, 15) is 9.18 Å². The van der Waals surface area contributed by atoms with Crippen LogP contribution in [0.25, 0.3) is 0 Å². The summed E-state index contributed by atoms with van der Waals surface area (Å²) in [6.07, 6.45) is 2.01. The quantitative estimate of drug-likeness (QED) is 0.838. The van der Waals surface area contributed by atoms with Gasteiger partial charge in [0.05, 0.1) is 4.88 Å². The second-order valence-corrected chi connectivity index (χ2v) is 7.04. The highest BCUT2D eigenvalue weighted by Crippen LogP contribution is 2.28. The molecule has 3 nitrogen and oxygen atoms in total. The van der Waals surface area contributed by atoms with Gasteiger partial charge in [0.15, 0.2) is 0 Å². The third-order valence-electron chi connectivity index (χ3n) is 4.42. The zero-order valence-corrected chi connectivity index (χ0v) is 12.7. The van der Waals surface area contributed by atoms with Crippen molar-refractivity contribution in [3.63, 3.8) is 0 Å². The molecule has 2 unspecified atom stereocenters. The van der Waals surface area contributed by atoms with Crippen molar-refractivity contribution in [2.75, 3.05) is 26.2 Å². The molecule has 2 heterocycles. The van der Waals surface area contributed by atoms with E-state index >= 15 is 0 Å². The lowest BCUT2D eigenvalue weighted by Crippen LogP contribution is -2.53. The first-order valence-corrected chi connectivity index (χ1v) is 8.20. The molecule has 20 heavy (non-hydrogen) atoms. The Morgan fingerprint density at radius 2 is 2.00 bits per heavy atom. The highest BCUT2D eigenvalue weighted by Gasteiger charge is 2.34. The molecule has 1 aromatic heterocycles. The Kier molecular flexibility index (Phi) is 4.08. The predicted molar refractivity (Wildman–Crippen MR) is 79.1 cm³/mol. The normalized spacial score (nSPS) is 28.0. The van der Waals surface area contributed by atoms with E-state index in [1.165, 1.54) is 4.88 Å². The number of rotatable bonds is 2. The van der Waals surface area contributed by atoms with Gasteiger partial charge in [-0.2, -0.15) is 0 Å². The second-order valence-electron chi connectivity index (χ2n) is 5.75. The molecule has 1 aliphatic heterocycles. The molecule has 1 aromatic rings. The molecule has 0 bridgehead atoms. The van der Waals surface area contributed by atoms with Crippen molar-refractivity contribution < 1.29 is 9.18 Å². The molecular weight excluding hydrogens is 275 g/mol. The number of hydrogen-bond acceptors (Lipinski definition) is 3. The van der Waals surface area contributed by atoms with Crippen molar-refractivity contribution in [3.05, 3.63) is 21.9 Å². The van der Waals surface area contributed by atoms with Gasteiger partial charge < -0.3 is 4.90 Å². The SMILES string of the molecule is Cc1ccc(C(=O)N2CCN(C3CCCC3F)CC2)s1. The molecule has 5 heteroatoms. The van der Waals surface area contributed by atoms with E-state index in [2.05, 4.69) is 4.90 Å². The van der Waals surface area contributed by atoms with Gasteiger partial charge in [-0.15, -0.1) is 11.3 Å². The van der Waals surface area contributed by atoms with Crippen LogP contribution >= 0.6 is 11.3 Å². The number of nitrogens with zero attached hydrogens (tertiary/aromatic N) is 2. The molecule has 0 aromatic carbocycles. The molecule has 2 atom stereocenters. The number of carbonyl (C=O) groups is 1. The Bertz CT molecular complexity index is 482. The van der Waals surface area contributed by atoms with Crippen LogP contribution in [0, 0.1) is 6.92 Å². The average Bonchev–Trinajstić information content (AvgIpc) is 3.07. The minimum Gasteiger partial charge on any atom is -0.335 e. The number of thiophene rings is 1. The summed E-state index contributed by atoms with van der Waals surface area (Å²) in [5.74, 6) is 0.131. The summed E-state index contributed by atoms with van der Waals surface area (Å²) in [7, 11) is 0. The largest absolute Gasteiger partial charge is 0.335 e. The van der Waals surface area contributed by atoms with Gasteiger partial charge in [-0.1, -0.05) is 0 Å². The van der Waals surface area contributed by atoms with Gasteiger partial charge >= 0.3 is 0 Å². The zero-order chi connectivity index (χ0) is 14.1. The Labute approximate surface area is 123 Å². The van der Waals surface area contributed by atoms with E-state index < -0.39 is 6.17 Å². The van der Waals surface area contributed by atoms with Gasteiger partial charge in [-0.05, 0) is 38.3 Å². The smallest absolute Gasteiger partial charge is 0.264 e. The van der Waals surface area contributed by atoms with Gasteiger partial charge in [-0.25, -0.2) is 4.39 Å². The maximum atomic E-state index is 13.8. The monoisotopic (exact) mass is 296 g/mol. The highest BCUT2D eigenvalue weighted by molar-refractivity contribution is 7.13. The van der Waals surface area contributed by atoms with Gasteiger partial charge in [0.1, 0.15) is 6.17 Å². The number of amides is 1. The number of piperazine rings is 1. The first-order chi connectivity index (χ1) is 9.65. The van der Waals surface area contributed by atoms with Crippen LogP contribution in [0.5, 0.6) is 0 Å². The Hall–Kier alpha value is -0.940. The maximum absolute atomic E-state index is 13.8. The fourth-order valence-electron chi connectivity index (χ4n) is 3.27. The second kappa shape index (κ2) is 5.82. The van der Waals surface area contributed by atoms with Crippen LogP contribution in [0.1, 0.15) is 33.8 Å². The molecule has 0 radical (unpaired) electrons. The van der Waals surface area contributed by atoms with Crippen molar-refractivity contribution in [2.24, 2.45) is 0 Å². The molecule has 2 aliphatic rings.